The molecule has 1 fully saturated rings. The molecule has 0 aromatic heterocycles. The van der Waals surface area contributed by atoms with E-state index in [1.54, 1.807) is 0 Å². The Balaban J connectivity index is 2.09. The SMILES string of the molecule is C[C@@H]1CCC[C@@H](C)N1C(=O)Nc1ccccc1Br. The zero-order valence-corrected chi connectivity index (χ0v) is 12.4. The molecular formula is C14H19BrN2O. The third-order valence-electron chi connectivity index (χ3n) is 3.54. The number of piperidine rings is 1. The predicted octanol–water partition coefficient (Wildman–Crippen LogP) is 4.24. The molecule has 1 aliphatic heterocycles. The molecule has 1 aliphatic rings. The molecule has 0 saturated carbocycles. The van der Waals surface area contributed by atoms with E-state index < -0.39 is 0 Å². The molecule has 0 spiro atoms. The highest BCUT2D eigenvalue weighted by molar-refractivity contribution is 9.10. The summed E-state index contributed by atoms with van der Waals surface area (Å²) in [5.41, 5.74) is 0.826. The van der Waals surface area contributed by atoms with Crippen molar-refractivity contribution in [1.29, 1.82) is 0 Å². The van der Waals surface area contributed by atoms with Crippen LogP contribution in [0.3, 0.4) is 0 Å². The van der Waals surface area contributed by atoms with Crippen molar-refractivity contribution in [2.45, 2.75) is 45.2 Å². The van der Waals surface area contributed by atoms with Crippen LogP contribution in [0.4, 0.5) is 10.5 Å². The Kier molecular flexibility index (Phi) is 4.27. The van der Waals surface area contributed by atoms with Gasteiger partial charge in [0.1, 0.15) is 0 Å². The van der Waals surface area contributed by atoms with Gasteiger partial charge in [-0.15, -0.1) is 0 Å². The molecule has 1 aromatic carbocycles. The van der Waals surface area contributed by atoms with Crippen molar-refractivity contribution in [3.8, 4) is 0 Å². The number of anilines is 1. The summed E-state index contributed by atoms with van der Waals surface area (Å²) >= 11 is 3.45. The van der Waals surface area contributed by atoms with E-state index in [2.05, 4.69) is 35.1 Å². The Bertz CT molecular complexity index is 426. The number of carbonyl (C=O) groups excluding carboxylic acids is 1. The minimum absolute atomic E-state index is 0.00148. The Labute approximate surface area is 117 Å². The van der Waals surface area contributed by atoms with E-state index in [4.69, 9.17) is 0 Å². The third kappa shape index (κ3) is 2.86. The van der Waals surface area contributed by atoms with E-state index in [9.17, 15) is 4.79 Å². The molecule has 2 atom stereocenters. The number of halogens is 1. The first-order valence-electron chi connectivity index (χ1n) is 6.43. The zero-order valence-electron chi connectivity index (χ0n) is 10.8. The molecule has 1 saturated heterocycles. The third-order valence-corrected chi connectivity index (χ3v) is 4.24. The lowest BCUT2D eigenvalue weighted by molar-refractivity contribution is 0.133. The molecule has 18 heavy (non-hydrogen) atoms. The van der Waals surface area contributed by atoms with Crippen LogP contribution in [0.15, 0.2) is 28.7 Å². The molecule has 0 bridgehead atoms. The number of benzene rings is 1. The molecule has 4 heteroatoms. The van der Waals surface area contributed by atoms with Crippen molar-refractivity contribution >= 4 is 27.6 Å². The first-order valence-corrected chi connectivity index (χ1v) is 7.22. The second-order valence-corrected chi connectivity index (χ2v) is 5.80. The summed E-state index contributed by atoms with van der Waals surface area (Å²) in [6, 6.07) is 8.32. The van der Waals surface area contributed by atoms with E-state index in [1.165, 1.54) is 6.42 Å². The smallest absolute Gasteiger partial charge is 0.319 e. The standard InChI is InChI=1S/C14H19BrN2O/c1-10-6-5-7-11(2)17(10)14(18)16-13-9-4-3-8-12(13)15/h3-4,8-11H,5-7H2,1-2H3,(H,16,18)/t10-,11-/m1/s1. The first-order chi connectivity index (χ1) is 8.59. The van der Waals surface area contributed by atoms with Gasteiger partial charge in [0, 0.05) is 16.6 Å². The maximum Gasteiger partial charge on any atom is 0.322 e. The molecule has 1 heterocycles. The van der Waals surface area contributed by atoms with Crippen LogP contribution in [-0.2, 0) is 0 Å². The van der Waals surface area contributed by atoms with Crippen molar-refractivity contribution in [1.82, 2.24) is 4.90 Å². The topological polar surface area (TPSA) is 32.3 Å². The largest absolute Gasteiger partial charge is 0.322 e. The highest BCUT2D eigenvalue weighted by Crippen LogP contribution is 2.26. The van der Waals surface area contributed by atoms with Gasteiger partial charge in [0.15, 0.2) is 0 Å². The highest BCUT2D eigenvalue weighted by atomic mass is 79.9. The van der Waals surface area contributed by atoms with Crippen LogP contribution in [0.5, 0.6) is 0 Å². The van der Waals surface area contributed by atoms with Gasteiger partial charge in [-0.2, -0.15) is 0 Å². The Morgan fingerprint density at radius 2 is 1.89 bits per heavy atom. The Hall–Kier alpha value is -1.03. The minimum atomic E-state index is 0.00148. The number of rotatable bonds is 1. The van der Waals surface area contributed by atoms with E-state index in [-0.39, 0.29) is 6.03 Å². The fraction of sp³-hybridized carbons (Fsp3) is 0.500. The summed E-state index contributed by atoms with van der Waals surface area (Å²) in [7, 11) is 0. The first kappa shape index (κ1) is 13.4. The van der Waals surface area contributed by atoms with Gasteiger partial charge in [-0.05, 0) is 61.2 Å². The van der Waals surface area contributed by atoms with Crippen LogP contribution in [0.2, 0.25) is 0 Å². The lowest BCUT2D eigenvalue weighted by Crippen LogP contribution is -2.49. The lowest BCUT2D eigenvalue weighted by Gasteiger charge is -2.38. The van der Waals surface area contributed by atoms with Crippen molar-refractivity contribution in [2.24, 2.45) is 0 Å². The number of carbonyl (C=O) groups is 1. The molecule has 0 aliphatic carbocycles. The summed E-state index contributed by atoms with van der Waals surface area (Å²) in [6.45, 7) is 4.24. The fourth-order valence-corrected chi connectivity index (χ4v) is 2.95. The van der Waals surface area contributed by atoms with Gasteiger partial charge in [-0.1, -0.05) is 12.1 Å². The molecule has 0 radical (unpaired) electrons. The van der Waals surface area contributed by atoms with Gasteiger partial charge in [-0.25, -0.2) is 4.79 Å². The Morgan fingerprint density at radius 3 is 2.50 bits per heavy atom. The van der Waals surface area contributed by atoms with Gasteiger partial charge < -0.3 is 10.2 Å². The summed E-state index contributed by atoms with van der Waals surface area (Å²) in [5.74, 6) is 0. The van der Waals surface area contributed by atoms with Crippen LogP contribution in [-0.4, -0.2) is 23.0 Å². The molecule has 3 nitrogen and oxygen atoms in total. The Morgan fingerprint density at radius 1 is 1.28 bits per heavy atom. The van der Waals surface area contributed by atoms with Gasteiger partial charge in [-0.3, -0.25) is 0 Å². The molecular weight excluding hydrogens is 292 g/mol. The summed E-state index contributed by atoms with van der Waals surface area (Å²) in [6.07, 6.45) is 3.39. The molecule has 1 N–H and O–H groups in total. The summed E-state index contributed by atoms with van der Waals surface area (Å²) < 4.78 is 0.913. The van der Waals surface area contributed by atoms with Crippen molar-refractivity contribution < 1.29 is 4.79 Å². The van der Waals surface area contributed by atoms with Crippen LogP contribution >= 0.6 is 15.9 Å². The van der Waals surface area contributed by atoms with Crippen LogP contribution in [0.25, 0.3) is 0 Å². The summed E-state index contributed by atoms with van der Waals surface area (Å²) in [5, 5.41) is 2.98. The van der Waals surface area contributed by atoms with Gasteiger partial charge >= 0.3 is 6.03 Å². The maximum atomic E-state index is 12.3. The average molecular weight is 311 g/mol. The number of amides is 2. The van der Waals surface area contributed by atoms with E-state index >= 15 is 0 Å². The van der Waals surface area contributed by atoms with Crippen molar-refractivity contribution in [3.05, 3.63) is 28.7 Å². The van der Waals surface area contributed by atoms with Gasteiger partial charge in [0.05, 0.1) is 5.69 Å². The number of nitrogens with one attached hydrogen (secondary N) is 1. The number of hydrogen-bond acceptors (Lipinski definition) is 1. The van der Waals surface area contributed by atoms with Gasteiger partial charge in [0.25, 0.3) is 0 Å². The monoisotopic (exact) mass is 310 g/mol. The number of likely N-dealkylation sites (tertiary alicyclic amines) is 1. The van der Waals surface area contributed by atoms with Crippen LogP contribution in [0, 0.1) is 0 Å². The average Bonchev–Trinajstić information content (AvgIpc) is 2.32. The maximum absolute atomic E-state index is 12.3. The molecule has 98 valence electrons. The van der Waals surface area contributed by atoms with Crippen LogP contribution < -0.4 is 5.32 Å². The molecule has 0 unspecified atom stereocenters. The number of nitrogens with zero attached hydrogens (tertiary/aromatic N) is 1. The highest BCUT2D eigenvalue weighted by Gasteiger charge is 2.29. The van der Waals surface area contributed by atoms with Gasteiger partial charge in [0.2, 0.25) is 0 Å². The van der Waals surface area contributed by atoms with E-state index in [0.29, 0.717) is 12.1 Å². The second-order valence-electron chi connectivity index (χ2n) is 4.95. The predicted molar refractivity (Wildman–Crippen MR) is 77.8 cm³/mol. The lowest BCUT2D eigenvalue weighted by atomic mass is 9.98. The fourth-order valence-electron chi connectivity index (χ4n) is 2.56. The van der Waals surface area contributed by atoms with Crippen molar-refractivity contribution in [3.63, 3.8) is 0 Å². The van der Waals surface area contributed by atoms with E-state index in [1.807, 2.05) is 29.2 Å². The molecule has 1 aromatic rings. The number of para-hydroxylation sites is 1. The molecule has 2 rings (SSSR count). The normalized spacial score (nSPS) is 23.8. The number of hydrogen-bond donors (Lipinski definition) is 1. The second kappa shape index (κ2) is 5.74. The van der Waals surface area contributed by atoms with Crippen LogP contribution in [0.1, 0.15) is 33.1 Å². The molecule has 2 amide bonds. The van der Waals surface area contributed by atoms with Crippen molar-refractivity contribution in [2.75, 3.05) is 5.32 Å². The van der Waals surface area contributed by atoms with E-state index in [0.717, 1.165) is 23.0 Å². The summed E-state index contributed by atoms with van der Waals surface area (Å²) in [4.78, 5) is 14.3. The number of urea groups is 1. The quantitative estimate of drug-likeness (QED) is 0.826. The minimum Gasteiger partial charge on any atom is -0.319 e. The zero-order chi connectivity index (χ0) is 13.1.